The molecule has 0 fully saturated rings. The summed E-state index contributed by atoms with van der Waals surface area (Å²) >= 11 is 6.12. The summed E-state index contributed by atoms with van der Waals surface area (Å²) in [5.74, 6) is 0. The minimum Gasteiger partial charge on any atom is -0.392 e. The Balaban J connectivity index is 3.27. The van der Waals surface area contributed by atoms with Gasteiger partial charge in [-0.25, -0.2) is 13.8 Å². The minimum absolute atomic E-state index is 0.0912. The zero-order valence-corrected chi connectivity index (χ0v) is 10.1. The molecule has 0 radical (unpaired) electrons. The second kappa shape index (κ2) is 5.14. The van der Waals surface area contributed by atoms with Gasteiger partial charge in [0, 0.05) is 5.33 Å². The van der Waals surface area contributed by atoms with Crippen LogP contribution in [0, 0.1) is 0 Å². The highest BCUT2D eigenvalue weighted by atomic mass is 79.9. The maximum absolute atomic E-state index is 12.5. The highest BCUT2D eigenvalue weighted by Crippen LogP contribution is 2.30. The second-order valence-corrected chi connectivity index (χ2v) is 3.88. The minimum atomic E-state index is -2.64. The van der Waals surface area contributed by atoms with Gasteiger partial charge in [-0.1, -0.05) is 15.9 Å². The van der Waals surface area contributed by atoms with Gasteiger partial charge in [-0.05, 0) is 27.6 Å². The van der Waals surface area contributed by atoms with Crippen LogP contribution in [-0.4, -0.2) is 10.1 Å². The molecule has 6 heteroatoms. The first-order valence-electron chi connectivity index (χ1n) is 3.73. The molecule has 0 aliphatic heterocycles. The van der Waals surface area contributed by atoms with Crippen LogP contribution in [-0.2, 0) is 11.9 Å². The van der Waals surface area contributed by atoms with Crippen LogP contribution in [0.2, 0.25) is 0 Å². The summed E-state index contributed by atoms with van der Waals surface area (Å²) in [6.45, 7) is -0.416. The van der Waals surface area contributed by atoms with Crippen molar-refractivity contribution in [3.8, 4) is 0 Å². The van der Waals surface area contributed by atoms with Gasteiger partial charge in [0.2, 0.25) is 0 Å². The summed E-state index contributed by atoms with van der Waals surface area (Å²) in [7, 11) is 0. The van der Waals surface area contributed by atoms with E-state index in [-0.39, 0.29) is 15.7 Å². The molecule has 2 nitrogen and oxygen atoms in total. The van der Waals surface area contributed by atoms with Crippen molar-refractivity contribution in [1.82, 2.24) is 4.98 Å². The lowest BCUT2D eigenvalue weighted by Gasteiger charge is -2.09. The van der Waals surface area contributed by atoms with E-state index in [4.69, 9.17) is 5.11 Å². The van der Waals surface area contributed by atoms with E-state index in [9.17, 15) is 8.78 Å². The van der Waals surface area contributed by atoms with Gasteiger partial charge in [-0.3, -0.25) is 0 Å². The molecule has 0 amide bonds. The number of aromatic nitrogens is 1. The number of halogens is 4. The largest absolute Gasteiger partial charge is 0.392 e. The van der Waals surface area contributed by atoms with Crippen LogP contribution in [0.5, 0.6) is 0 Å². The number of hydrogen-bond donors (Lipinski definition) is 1. The SMILES string of the molecule is OCc1cc(CBr)nc(Br)c1C(F)F. The van der Waals surface area contributed by atoms with Crippen LogP contribution in [0.1, 0.15) is 23.2 Å². The molecule has 14 heavy (non-hydrogen) atoms. The quantitative estimate of drug-likeness (QED) is 0.682. The van der Waals surface area contributed by atoms with Gasteiger partial charge in [0.05, 0.1) is 17.9 Å². The van der Waals surface area contributed by atoms with E-state index in [2.05, 4.69) is 36.8 Å². The predicted molar refractivity (Wildman–Crippen MR) is 55.4 cm³/mol. The number of alkyl halides is 3. The third kappa shape index (κ3) is 2.49. The fourth-order valence-electron chi connectivity index (χ4n) is 1.06. The van der Waals surface area contributed by atoms with Crippen molar-refractivity contribution >= 4 is 31.9 Å². The number of pyridine rings is 1. The van der Waals surface area contributed by atoms with Crippen molar-refractivity contribution in [2.24, 2.45) is 0 Å². The lowest BCUT2D eigenvalue weighted by Crippen LogP contribution is -2.01. The van der Waals surface area contributed by atoms with E-state index in [1.165, 1.54) is 6.07 Å². The normalized spacial score (nSPS) is 11.0. The first kappa shape index (κ1) is 12.0. The molecule has 0 aliphatic carbocycles. The molecule has 1 aromatic heterocycles. The lowest BCUT2D eigenvalue weighted by atomic mass is 10.1. The molecule has 0 spiro atoms. The predicted octanol–water partition coefficient (Wildman–Crippen LogP) is 3.17. The van der Waals surface area contributed by atoms with Crippen LogP contribution in [0.15, 0.2) is 10.7 Å². The van der Waals surface area contributed by atoms with Crippen molar-refractivity contribution in [3.63, 3.8) is 0 Å². The second-order valence-electron chi connectivity index (χ2n) is 2.57. The third-order valence-electron chi connectivity index (χ3n) is 1.68. The summed E-state index contributed by atoms with van der Waals surface area (Å²) in [6, 6.07) is 1.46. The van der Waals surface area contributed by atoms with Gasteiger partial charge >= 0.3 is 0 Å². The van der Waals surface area contributed by atoms with Crippen molar-refractivity contribution in [1.29, 1.82) is 0 Å². The topological polar surface area (TPSA) is 33.1 Å². The van der Waals surface area contributed by atoms with Crippen LogP contribution in [0.25, 0.3) is 0 Å². The Bertz CT molecular complexity index is 333. The Labute approximate surface area is 96.6 Å². The van der Waals surface area contributed by atoms with Crippen LogP contribution < -0.4 is 0 Å². The molecule has 1 aromatic rings. The number of rotatable bonds is 3. The molecule has 1 rings (SSSR count). The maximum Gasteiger partial charge on any atom is 0.266 e. The fourth-order valence-corrected chi connectivity index (χ4v) is 2.00. The number of nitrogens with zero attached hydrogens (tertiary/aromatic N) is 1. The zero-order chi connectivity index (χ0) is 10.7. The molecular formula is C8H7Br2F2NO. The smallest absolute Gasteiger partial charge is 0.266 e. The zero-order valence-electron chi connectivity index (χ0n) is 6.98. The molecule has 0 saturated carbocycles. The molecule has 0 bridgehead atoms. The van der Waals surface area contributed by atoms with Crippen LogP contribution in [0.3, 0.4) is 0 Å². The van der Waals surface area contributed by atoms with Crippen LogP contribution >= 0.6 is 31.9 Å². The molecule has 0 atom stereocenters. The van der Waals surface area contributed by atoms with E-state index in [0.29, 0.717) is 11.0 Å². The summed E-state index contributed by atoms with van der Waals surface area (Å²) in [4.78, 5) is 3.90. The van der Waals surface area contributed by atoms with Crippen LogP contribution in [0.4, 0.5) is 8.78 Å². The lowest BCUT2D eigenvalue weighted by molar-refractivity contribution is 0.145. The van der Waals surface area contributed by atoms with Crippen molar-refractivity contribution in [2.45, 2.75) is 18.4 Å². The van der Waals surface area contributed by atoms with E-state index in [0.717, 1.165) is 0 Å². The Morgan fingerprint density at radius 2 is 2.14 bits per heavy atom. The number of aliphatic hydroxyl groups excluding tert-OH is 1. The van der Waals surface area contributed by atoms with E-state index in [1.807, 2.05) is 0 Å². The molecule has 0 unspecified atom stereocenters. The molecule has 0 saturated heterocycles. The first-order valence-corrected chi connectivity index (χ1v) is 5.64. The molecular weight excluding hydrogens is 324 g/mol. The van der Waals surface area contributed by atoms with Gasteiger partial charge in [0.25, 0.3) is 6.43 Å². The molecule has 1 heterocycles. The van der Waals surface area contributed by atoms with Gasteiger partial charge in [-0.15, -0.1) is 0 Å². The third-order valence-corrected chi connectivity index (χ3v) is 2.86. The molecule has 78 valence electrons. The Morgan fingerprint density at radius 3 is 2.57 bits per heavy atom. The number of aliphatic hydroxyl groups is 1. The van der Waals surface area contributed by atoms with Crippen molar-refractivity contribution in [3.05, 3.63) is 27.5 Å². The molecule has 0 aliphatic rings. The highest BCUT2D eigenvalue weighted by molar-refractivity contribution is 9.10. The van der Waals surface area contributed by atoms with Gasteiger partial charge in [-0.2, -0.15) is 0 Å². The molecule has 0 aromatic carbocycles. The average molecular weight is 331 g/mol. The van der Waals surface area contributed by atoms with Crippen molar-refractivity contribution in [2.75, 3.05) is 0 Å². The van der Waals surface area contributed by atoms with E-state index < -0.39 is 13.0 Å². The fraction of sp³-hybridized carbons (Fsp3) is 0.375. The Hall–Kier alpha value is -0.0700. The summed E-state index contributed by atoms with van der Waals surface area (Å²) in [5.41, 5.74) is 0.568. The number of hydrogen-bond acceptors (Lipinski definition) is 2. The van der Waals surface area contributed by atoms with Gasteiger partial charge in [0.1, 0.15) is 4.60 Å². The Kier molecular flexibility index (Phi) is 4.40. The Morgan fingerprint density at radius 1 is 1.50 bits per heavy atom. The summed E-state index contributed by atoms with van der Waals surface area (Å²) < 4.78 is 25.1. The standard InChI is InChI=1S/C8H7Br2F2NO/c9-2-5-1-4(3-14)6(8(11)12)7(10)13-5/h1,8,14H,2-3H2. The first-order chi connectivity index (χ1) is 6.60. The monoisotopic (exact) mass is 329 g/mol. The van der Waals surface area contributed by atoms with Crippen molar-refractivity contribution < 1.29 is 13.9 Å². The highest BCUT2D eigenvalue weighted by Gasteiger charge is 2.18. The van der Waals surface area contributed by atoms with Gasteiger partial charge in [0.15, 0.2) is 0 Å². The van der Waals surface area contributed by atoms with E-state index >= 15 is 0 Å². The van der Waals surface area contributed by atoms with Gasteiger partial charge < -0.3 is 5.11 Å². The summed E-state index contributed by atoms with van der Waals surface area (Å²) in [5, 5.41) is 9.37. The maximum atomic E-state index is 12.5. The summed E-state index contributed by atoms with van der Waals surface area (Å²) in [6.07, 6.45) is -2.64. The molecule has 1 N–H and O–H groups in total. The van der Waals surface area contributed by atoms with E-state index in [1.54, 1.807) is 0 Å². The average Bonchev–Trinajstić information content (AvgIpc) is 2.15.